The molecular formula is C15H24N2O3. The van der Waals surface area contributed by atoms with E-state index in [-0.39, 0.29) is 18.0 Å². The molecule has 0 saturated heterocycles. The molecule has 20 heavy (non-hydrogen) atoms. The predicted molar refractivity (Wildman–Crippen MR) is 74.4 cm³/mol. The molecule has 3 saturated carbocycles. The molecule has 1 unspecified atom stereocenters. The van der Waals surface area contributed by atoms with Gasteiger partial charge in [0, 0.05) is 12.1 Å². The van der Waals surface area contributed by atoms with E-state index in [9.17, 15) is 9.59 Å². The minimum Gasteiger partial charge on any atom is -0.481 e. The third-order valence-corrected chi connectivity index (χ3v) is 5.51. The summed E-state index contributed by atoms with van der Waals surface area (Å²) >= 11 is 0. The van der Waals surface area contributed by atoms with Gasteiger partial charge < -0.3 is 15.7 Å². The van der Waals surface area contributed by atoms with Gasteiger partial charge in [-0.05, 0) is 50.4 Å². The summed E-state index contributed by atoms with van der Waals surface area (Å²) in [7, 11) is 0. The Morgan fingerprint density at radius 1 is 1.00 bits per heavy atom. The molecule has 1 spiro atoms. The minimum atomic E-state index is -0.700. The van der Waals surface area contributed by atoms with Crippen LogP contribution in [0.5, 0.6) is 0 Å². The van der Waals surface area contributed by atoms with Crippen LogP contribution in [0, 0.1) is 11.3 Å². The van der Waals surface area contributed by atoms with Gasteiger partial charge in [-0.1, -0.05) is 12.8 Å². The first-order valence-electron chi connectivity index (χ1n) is 7.89. The van der Waals surface area contributed by atoms with E-state index in [1.165, 1.54) is 25.7 Å². The zero-order valence-electron chi connectivity index (χ0n) is 11.9. The average Bonchev–Trinajstić information content (AvgIpc) is 2.84. The maximum Gasteiger partial charge on any atom is 0.315 e. The Labute approximate surface area is 119 Å². The highest BCUT2D eigenvalue weighted by molar-refractivity contribution is 5.75. The van der Waals surface area contributed by atoms with Crippen LogP contribution in [0.25, 0.3) is 0 Å². The Balaban J connectivity index is 1.39. The molecule has 3 fully saturated rings. The molecular weight excluding hydrogens is 256 g/mol. The molecule has 0 aromatic carbocycles. The molecule has 3 aliphatic carbocycles. The highest BCUT2D eigenvalue weighted by Gasteiger charge is 2.55. The van der Waals surface area contributed by atoms with E-state index in [4.69, 9.17) is 5.11 Å². The molecule has 5 heteroatoms. The van der Waals surface area contributed by atoms with Crippen molar-refractivity contribution in [2.24, 2.45) is 11.3 Å². The van der Waals surface area contributed by atoms with Gasteiger partial charge in [-0.3, -0.25) is 4.79 Å². The number of nitrogens with one attached hydrogen (secondary N) is 2. The standard InChI is InChI=1S/C15H24N2O3/c18-13(19)10-3-5-11(6-4-10)16-14(20)17-12-9-15(12)7-1-2-8-15/h10-12H,1-9H2,(H,18,19)(H2,16,17,20). The van der Waals surface area contributed by atoms with E-state index in [2.05, 4.69) is 10.6 Å². The fourth-order valence-electron chi connectivity index (χ4n) is 4.05. The highest BCUT2D eigenvalue weighted by Crippen LogP contribution is 2.57. The summed E-state index contributed by atoms with van der Waals surface area (Å²) in [5.74, 6) is -0.921. The Bertz CT molecular complexity index is 396. The molecule has 0 bridgehead atoms. The molecule has 0 heterocycles. The van der Waals surface area contributed by atoms with Crippen LogP contribution in [-0.2, 0) is 4.79 Å². The number of carboxylic acids is 1. The number of hydrogen-bond donors (Lipinski definition) is 3. The molecule has 3 aliphatic rings. The first kappa shape index (κ1) is 13.7. The van der Waals surface area contributed by atoms with Crippen LogP contribution in [-0.4, -0.2) is 29.2 Å². The van der Waals surface area contributed by atoms with Crippen LogP contribution < -0.4 is 10.6 Å². The molecule has 3 N–H and O–H groups in total. The van der Waals surface area contributed by atoms with Gasteiger partial charge in [0.15, 0.2) is 0 Å². The summed E-state index contributed by atoms with van der Waals surface area (Å²) in [6.45, 7) is 0. The molecule has 0 aromatic heterocycles. The van der Waals surface area contributed by atoms with E-state index in [0.717, 1.165) is 19.3 Å². The first-order chi connectivity index (χ1) is 9.59. The smallest absolute Gasteiger partial charge is 0.315 e. The van der Waals surface area contributed by atoms with Gasteiger partial charge in [-0.2, -0.15) is 0 Å². The Hall–Kier alpha value is -1.26. The largest absolute Gasteiger partial charge is 0.481 e. The van der Waals surface area contributed by atoms with E-state index in [0.29, 0.717) is 24.3 Å². The summed E-state index contributed by atoms with van der Waals surface area (Å²) in [6.07, 6.45) is 9.19. The van der Waals surface area contributed by atoms with Crippen LogP contribution in [0.3, 0.4) is 0 Å². The highest BCUT2D eigenvalue weighted by atomic mass is 16.4. The number of aliphatic carboxylic acids is 1. The molecule has 0 radical (unpaired) electrons. The van der Waals surface area contributed by atoms with Gasteiger partial charge in [0.2, 0.25) is 0 Å². The number of hydrogen-bond acceptors (Lipinski definition) is 2. The average molecular weight is 280 g/mol. The summed E-state index contributed by atoms with van der Waals surface area (Å²) in [5, 5.41) is 15.1. The van der Waals surface area contributed by atoms with Gasteiger partial charge in [-0.25, -0.2) is 4.79 Å². The topological polar surface area (TPSA) is 78.4 Å². The molecule has 1 atom stereocenters. The molecule has 2 amide bonds. The van der Waals surface area contributed by atoms with Gasteiger partial charge in [0.25, 0.3) is 0 Å². The van der Waals surface area contributed by atoms with Crippen molar-refractivity contribution in [3.63, 3.8) is 0 Å². The van der Waals surface area contributed by atoms with Gasteiger partial charge in [-0.15, -0.1) is 0 Å². The maximum atomic E-state index is 12.0. The van der Waals surface area contributed by atoms with Crippen LogP contribution in [0.15, 0.2) is 0 Å². The van der Waals surface area contributed by atoms with Crippen LogP contribution >= 0.6 is 0 Å². The first-order valence-corrected chi connectivity index (χ1v) is 7.89. The number of amides is 2. The quantitative estimate of drug-likeness (QED) is 0.742. The van der Waals surface area contributed by atoms with Crippen molar-refractivity contribution in [3.05, 3.63) is 0 Å². The SMILES string of the molecule is O=C(NC1CCC(C(=O)O)CC1)NC1CC12CCCC2. The van der Waals surface area contributed by atoms with Crippen molar-refractivity contribution in [2.45, 2.75) is 69.9 Å². The van der Waals surface area contributed by atoms with E-state index in [1.807, 2.05) is 0 Å². The minimum absolute atomic E-state index is 0.0578. The molecule has 3 rings (SSSR count). The van der Waals surface area contributed by atoms with Crippen molar-refractivity contribution in [1.82, 2.24) is 10.6 Å². The fourth-order valence-corrected chi connectivity index (χ4v) is 4.05. The summed E-state index contributed by atoms with van der Waals surface area (Å²) < 4.78 is 0. The van der Waals surface area contributed by atoms with Crippen LogP contribution in [0.1, 0.15) is 57.8 Å². The van der Waals surface area contributed by atoms with E-state index in [1.54, 1.807) is 0 Å². The van der Waals surface area contributed by atoms with Gasteiger partial charge in [0.1, 0.15) is 0 Å². The van der Waals surface area contributed by atoms with Crippen molar-refractivity contribution < 1.29 is 14.7 Å². The Morgan fingerprint density at radius 2 is 1.65 bits per heavy atom. The number of carbonyl (C=O) groups excluding carboxylic acids is 1. The second kappa shape index (κ2) is 5.26. The Kier molecular flexibility index (Phi) is 3.61. The van der Waals surface area contributed by atoms with Gasteiger partial charge in [0.05, 0.1) is 5.92 Å². The summed E-state index contributed by atoms with van der Waals surface area (Å²) in [5.41, 5.74) is 0.429. The third kappa shape index (κ3) is 2.76. The molecule has 5 nitrogen and oxygen atoms in total. The monoisotopic (exact) mass is 280 g/mol. The van der Waals surface area contributed by atoms with Crippen molar-refractivity contribution in [2.75, 3.05) is 0 Å². The van der Waals surface area contributed by atoms with E-state index < -0.39 is 5.97 Å². The zero-order chi connectivity index (χ0) is 14.2. The Morgan fingerprint density at radius 3 is 2.25 bits per heavy atom. The lowest BCUT2D eigenvalue weighted by Gasteiger charge is -2.27. The lowest BCUT2D eigenvalue weighted by atomic mass is 9.86. The fraction of sp³-hybridized carbons (Fsp3) is 0.867. The normalized spacial score (nSPS) is 34.7. The molecule has 0 aliphatic heterocycles. The molecule has 112 valence electrons. The second-order valence-corrected chi connectivity index (χ2v) is 6.83. The summed E-state index contributed by atoms with van der Waals surface area (Å²) in [6, 6.07) is 0.460. The zero-order valence-corrected chi connectivity index (χ0v) is 11.9. The predicted octanol–water partition coefficient (Wildman–Crippen LogP) is 2.26. The third-order valence-electron chi connectivity index (χ3n) is 5.51. The van der Waals surface area contributed by atoms with Crippen molar-refractivity contribution in [3.8, 4) is 0 Å². The lowest BCUT2D eigenvalue weighted by Crippen LogP contribution is -2.45. The lowest BCUT2D eigenvalue weighted by molar-refractivity contribution is -0.142. The second-order valence-electron chi connectivity index (χ2n) is 6.83. The van der Waals surface area contributed by atoms with Crippen LogP contribution in [0.4, 0.5) is 4.79 Å². The van der Waals surface area contributed by atoms with Crippen molar-refractivity contribution in [1.29, 1.82) is 0 Å². The number of urea groups is 1. The maximum absolute atomic E-state index is 12.0. The van der Waals surface area contributed by atoms with E-state index >= 15 is 0 Å². The number of rotatable bonds is 3. The van der Waals surface area contributed by atoms with Crippen LogP contribution in [0.2, 0.25) is 0 Å². The molecule has 0 aromatic rings. The number of carboxylic acid groups (broad SMARTS) is 1. The van der Waals surface area contributed by atoms with Gasteiger partial charge >= 0.3 is 12.0 Å². The van der Waals surface area contributed by atoms with Crippen molar-refractivity contribution >= 4 is 12.0 Å². The number of carbonyl (C=O) groups is 2. The summed E-state index contributed by atoms with van der Waals surface area (Å²) in [4.78, 5) is 22.9.